The third kappa shape index (κ3) is 4.26. The molecule has 1 amide bonds. The van der Waals surface area contributed by atoms with Gasteiger partial charge in [0.15, 0.2) is 5.88 Å². The van der Waals surface area contributed by atoms with Gasteiger partial charge in [0.2, 0.25) is 0 Å². The first-order valence-electron chi connectivity index (χ1n) is 15.9. The van der Waals surface area contributed by atoms with Crippen molar-refractivity contribution in [2.75, 3.05) is 17.2 Å². The van der Waals surface area contributed by atoms with Crippen molar-refractivity contribution >= 4 is 44.0 Å². The van der Waals surface area contributed by atoms with E-state index in [1.165, 1.54) is 12.8 Å². The average Bonchev–Trinajstić information content (AvgIpc) is 3.31. The number of nitrogens with zero attached hydrogens (tertiary/aromatic N) is 6. The number of rotatable bonds is 6. The first-order valence-corrected chi connectivity index (χ1v) is 17.8. The minimum absolute atomic E-state index is 0.00182. The van der Waals surface area contributed by atoms with Crippen molar-refractivity contribution in [2.24, 2.45) is 11.7 Å². The number of anilines is 1. The van der Waals surface area contributed by atoms with Gasteiger partial charge in [-0.25, -0.2) is 14.2 Å². The van der Waals surface area contributed by atoms with Crippen molar-refractivity contribution in [3.05, 3.63) is 41.6 Å². The monoisotopic (exact) mass is 615 g/mol. The van der Waals surface area contributed by atoms with Crippen LogP contribution < -0.4 is 14.8 Å². The third-order valence-electron chi connectivity index (χ3n) is 10.4. The summed E-state index contributed by atoms with van der Waals surface area (Å²) in [4.78, 5) is 26.1. The number of aryl methyl sites for hydroxylation is 1. The number of carbonyl (C=O) groups is 1. The van der Waals surface area contributed by atoms with E-state index in [0.717, 1.165) is 72.6 Å². The third-order valence-corrected chi connectivity index (χ3v) is 12.6. The lowest BCUT2D eigenvalue weighted by atomic mass is 9.97. The molecule has 3 aliphatic heterocycles. The van der Waals surface area contributed by atoms with Gasteiger partial charge in [-0.2, -0.15) is 0 Å². The molecule has 232 valence electrons. The average molecular weight is 616 g/mol. The van der Waals surface area contributed by atoms with E-state index in [9.17, 15) is 9.00 Å². The SMILES string of the molecule is C=S1(=O)CCC[C@H](C)N1c1ccc2cc(-c3nc4cc(C(=O)N5[C@H]6CC[C@@H]5[C@H](N)C6)cc(OC)n4c3C)n(CC3CC3)c2n1. The van der Waals surface area contributed by atoms with Gasteiger partial charge < -0.3 is 19.9 Å². The molecule has 7 heterocycles. The molecular formula is C33H41N7O3S. The molecule has 8 rings (SSSR count). The molecule has 4 fully saturated rings. The van der Waals surface area contributed by atoms with Gasteiger partial charge in [-0.05, 0) is 94.8 Å². The minimum atomic E-state index is -2.42. The summed E-state index contributed by atoms with van der Waals surface area (Å²) in [5, 5.41) is 1.02. The topological polar surface area (TPSA) is 111 Å². The lowest BCUT2D eigenvalue weighted by Gasteiger charge is -2.37. The van der Waals surface area contributed by atoms with Crippen LogP contribution in [0.1, 0.15) is 67.9 Å². The fraction of sp³-hybridized carbons (Fsp3) is 0.515. The number of nitrogens with two attached hydrogens (primary N) is 1. The summed E-state index contributed by atoms with van der Waals surface area (Å²) in [6, 6.07) is 10.4. The van der Waals surface area contributed by atoms with Crippen LogP contribution in [-0.4, -0.2) is 76.9 Å². The number of fused-ring (bicyclic) bond motifs is 4. The number of methoxy groups -OCH3 is 1. The Kier molecular flexibility index (Phi) is 6.33. The number of amides is 1. The van der Waals surface area contributed by atoms with E-state index in [1.54, 1.807) is 7.11 Å². The predicted octanol–water partition coefficient (Wildman–Crippen LogP) is 4.40. The van der Waals surface area contributed by atoms with Crippen molar-refractivity contribution in [1.29, 1.82) is 0 Å². The summed E-state index contributed by atoms with van der Waals surface area (Å²) in [7, 11) is -0.790. The Hall–Kier alpha value is -3.57. The maximum Gasteiger partial charge on any atom is 0.254 e. The largest absolute Gasteiger partial charge is 0.482 e. The van der Waals surface area contributed by atoms with Gasteiger partial charge in [0.25, 0.3) is 5.91 Å². The summed E-state index contributed by atoms with van der Waals surface area (Å²) in [6.45, 7) is 5.00. The van der Waals surface area contributed by atoms with E-state index in [1.807, 2.05) is 38.7 Å². The number of hydrogen-bond acceptors (Lipinski definition) is 6. The van der Waals surface area contributed by atoms with Crippen LogP contribution in [0.4, 0.5) is 5.82 Å². The van der Waals surface area contributed by atoms with Crippen LogP contribution in [0.25, 0.3) is 28.1 Å². The lowest BCUT2D eigenvalue weighted by molar-refractivity contribution is 0.0726. The van der Waals surface area contributed by atoms with Crippen LogP contribution in [0, 0.1) is 12.8 Å². The van der Waals surface area contributed by atoms with E-state index in [4.69, 9.17) is 20.4 Å². The van der Waals surface area contributed by atoms with Crippen LogP contribution in [-0.2, 0) is 16.3 Å². The minimum Gasteiger partial charge on any atom is -0.482 e. The second-order valence-electron chi connectivity index (χ2n) is 13.4. The van der Waals surface area contributed by atoms with Crippen LogP contribution in [0.2, 0.25) is 0 Å². The zero-order valence-electron chi connectivity index (χ0n) is 25.7. The summed E-state index contributed by atoms with van der Waals surface area (Å²) < 4.78 is 25.6. The van der Waals surface area contributed by atoms with Crippen molar-refractivity contribution in [3.63, 3.8) is 0 Å². The molecule has 10 nitrogen and oxygen atoms in total. The van der Waals surface area contributed by atoms with Gasteiger partial charge in [0.1, 0.15) is 22.8 Å². The van der Waals surface area contributed by atoms with E-state index in [-0.39, 0.29) is 30.1 Å². The molecule has 0 aromatic carbocycles. The molecule has 0 radical (unpaired) electrons. The number of carbonyl (C=O) groups excluding carboxylic acids is 1. The summed E-state index contributed by atoms with van der Waals surface area (Å²) in [6.07, 6.45) is 7.13. The van der Waals surface area contributed by atoms with Crippen LogP contribution in [0.5, 0.6) is 5.88 Å². The molecule has 0 spiro atoms. The van der Waals surface area contributed by atoms with Crippen LogP contribution in [0.15, 0.2) is 30.3 Å². The van der Waals surface area contributed by atoms with Gasteiger partial charge in [0.05, 0.1) is 18.5 Å². The Balaban J connectivity index is 1.25. The van der Waals surface area contributed by atoms with Gasteiger partial charge in [0, 0.05) is 63.2 Å². The summed E-state index contributed by atoms with van der Waals surface area (Å²) in [5.74, 6) is 6.60. The van der Waals surface area contributed by atoms with Gasteiger partial charge in [-0.1, -0.05) is 0 Å². The van der Waals surface area contributed by atoms with E-state index < -0.39 is 9.71 Å². The molecule has 11 heteroatoms. The Morgan fingerprint density at radius 3 is 2.64 bits per heavy atom. The molecule has 4 aromatic heterocycles. The standard InChI is InChI=1S/C33H41N7O3S/c1-19-6-5-13-44(4,42)40(19)28-12-9-22-14-27(37(32(22)36-28)18-21-7-8-21)31-20(2)38-29(35-31)15-23(16-30(38)43-3)33(41)39-24-10-11-26(39)25(34)17-24/h9,12,14-16,19,21,24-26H,4-8,10-11,13,17-18,34H2,1-3H3/t19-,24-,25+,26+,44?/m0/s1. The molecule has 1 aliphatic carbocycles. The normalized spacial score (nSPS) is 28.5. The number of ether oxygens (including phenoxy) is 1. The smallest absolute Gasteiger partial charge is 0.254 e. The highest BCUT2D eigenvalue weighted by Crippen LogP contribution is 2.40. The first-order chi connectivity index (χ1) is 21.1. The summed E-state index contributed by atoms with van der Waals surface area (Å²) >= 11 is 0. The van der Waals surface area contributed by atoms with Crippen molar-refractivity contribution in [2.45, 2.75) is 89.5 Å². The molecule has 44 heavy (non-hydrogen) atoms. The fourth-order valence-corrected chi connectivity index (χ4v) is 10.0. The molecule has 2 bridgehead atoms. The quantitative estimate of drug-likeness (QED) is 0.322. The fourth-order valence-electron chi connectivity index (χ4n) is 8.02. The predicted molar refractivity (Wildman–Crippen MR) is 175 cm³/mol. The van der Waals surface area contributed by atoms with Crippen LogP contribution in [0.3, 0.4) is 0 Å². The maximum atomic E-state index is 13.8. The summed E-state index contributed by atoms with van der Waals surface area (Å²) in [5.41, 5.74) is 11.2. The van der Waals surface area contributed by atoms with Gasteiger partial charge >= 0.3 is 0 Å². The number of aromatic nitrogens is 4. The van der Waals surface area contributed by atoms with E-state index in [2.05, 4.69) is 29.5 Å². The molecule has 5 atom stereocenters. The second kappa shape index (κ2) is 9.97. The van der Waals surface area contributed by atoms with Gasteiger partial charge in [-0.15, -0.1) is 0 Å². The number of hydrogen-bond donors (Lipinski definition) is 1. The molecule has 3 saturated heterocycles. The van der Waals surface area contributed by atoms with Crippen molar-refractivity contribution in [1.82, 2.24) is 23.8 Å². The Labute approximate surface area is 258 Å². The van der Waals surface area contributed by atoms with E-state index in [0.29, 0.717) is 28.8 Å². The Bertz CT molecular complexity index is 1920. The first kappa shape index (κ1) is 27.9. The highest BCUT2D eigenvalue weighted by Gasteiger charge is 2.47. The highest BCUT2D eigenvalue weighted by atomic mass is 32.2. The molecule has 4 aromatic rings. The van der Waals surface area contributed by atoms with E-state index >= 15 is 0 Å². The molecular weight excluding hydrogens is 574 g/mol. The van der Waals surface area contributed by atoms with Gasteiger partial charge in [-0.3, -0.25) is 13.5 Å². The Morgan fingerprint density at radius 1 is 1.14 bits per heavy atom. The van der Waals surface area contributed by atoms with Crippen LogP contribution >= 0.6 is 0 Å². The zero-order chi connectivity index (χ0) is 30.5. The number of pyridine rings is 2. The lowest BCUT2D eigenvalue weighted by Crippen LogP contribution is -2.44. The molecule has 1 saturated carbocycles. The Morgan fingerprint density at radius 2 is 1.95 bits per heavy atom. The highest BCUT2D eigenvalue weighted by molar-refractivity contribution is 8.01. The maximum absolute atomic E-state index is 13.8. The second-order valence-corrected chi connectivity index (χ2v) is 15.7. The molecule has 4 aliphatic rings. The molecule has 2 N–H and O–H groups in total. The number of imidazole rings is 1. The van der Waals surface area contributed by atoms with Crippen molar-refractivity contribution < 1.29 is 13.7 Å². The van der Waals surface area contributed by atoms with Crippen molar-refractivity contribution in [3.8, 4) is 17.3 Å². The molecule has 1 unspecified atom stereocenters. The zero-order valence-corrected chi connectivity index (χ0v) is 26.6.